The largest absolute Gasteiger partial charge is 0.336 e. The predicted molar refractivity (Wildman–Crippen MR) is 97.6 cm³/mol. The maximum Gasteiger partial charge on any atom is 0.272 e. The van der Waals surface area contributed by atoms with Crippen molar-refractivity contribution in [2.24, 2.45) is 0 Å². The van der Waals surface area contributed by atoms with Gasteiger partial charge in [0.2, 0.25) is 0 Å². The molecule has 3 aromatic heterocycles. The fourth-order valence-corrected chi connectivity index (χ4v) is 3.71. The molecule has 0 unspecified atom stereocenters. The molecule has 0 spiro atoms. The summed E-state index contributed by atoms with van der Waals surface area (Å²) in [5.74, 6) is -0.0522. The number of amides is 1. The quantitative estimate of drug-likeness (QED) is 0.613. The van der Waals surface area contributed by atoms with Gasteiger partial charge in [-0.2, -0.15) is 5.10 Å². The normalized spacial score (nSPS) is 11.1. The topological polar surface area (TPSA) is 66.3 Å². The van der Waals surface area contributed by atoms with Crippen LogP contribution in [0.1, 0.15) is 21.7 Å². The van der Waals surface area contributed by atoms with E-state index in [4.69, 9.17) is 0 Å². The van der Waals surface area contributed by atoms with Gasteiger partial charge in [0.25, 0.3) is 5.91 Å². The average molecular weight is 351 g/mol. The van der Waals surface area contributed by atoms with Crippen LogP contribution >= 0.6 is 11.3 Å². The van der Waals surface area contributed by atoms with Crippen molar-refractivity contribution in [1.29, 1.82) is 0 Å². The predicted octanol–water partition coefficient (Wildman–Crippen LogP) is 3.37. The Morgan fingerprint density at radius 1 is 1.32 bits per heavy atom. The van der Waals surface area contributed by atoms with E-state index < -0.39 is 0 Å². The number of hydrogen-bond donors (Lipinski definition) is 1. The van der Waals surface area contributed by atoms with E-state index in [9.17, 15) is 4.79 Å². The Morgan fingerprint density at radius 2 is 2.12 bits per heavy atom. The van der Waals surface area contributed by atoms with E-state index in [1.165, 1.54) is 11.3 Å². The third-order valence-corrected chi connectivity index (χ3v) is 4.93. The van der Waals surface area contributed by atoms with Gasteiger partial charge in [0.1, 0.15) is 5.69 Å². The van der Waals surface area contributed by atoms with Crippen LogP contribution in [0.3, 0.4) is 0 Å². The monoisotopic (exact) mass is 351 g/mol. The maximum atomic E-state index is 13.0. The molecule has 0 aliphatic heterocycles. The summed E-state index contributed by atoms with van der Waals surface area (Å²) in [7, 11) is 1.80. The second kappa shape index (κ2) is 6.18. The molecule has 0 saturated carbocycles. The number of hydrogen-bond acceptors (Lipinski definition) is 4. The number of aryl methyl sites for hydroxylation is 1. The molecule has 0 fully saturated rings. The first-order valence-corrected chi connectivity index (χ1v) is 8.78. The van der Waals surface area contributed by atoms with E-state index in [1.54, 1.807) is 18.1 Å². The fraction of sp³-hybridized carbons (Fsp3) is 0.167. The van der Waals surface area contributed by atoms with Gasteiger partial charge in [0.15, 0.2) is 4.96 Å². The number of fused-ring (bicyclic) bond motifs is 1. The zero-order valence-corrected chi connectivity index (χ0v) is 14.7. The molecule has 4 rings (SSSR count). The highest BCUT2D eigenvalue weighted by Crippen LogP contribution is 2.23. The van der Waals surface area contributed by atoms with E-state index in [1.807, 2.05) is 53.2 Å². The minimum Gasteiger partial charge on any atom is -0.336 e. The molecule has 1 amide bonds. The lowest BCUT2D eigenvalue weighted by molar-refractivity contribution is 0.0778. The van der Waals surface area contributed by atoms with Gasteiger partial charge in [-0.15, -0.1) is 11.3 Å². The van der Waals surface area contributed by atoms with E-state index in [0.29, 0.717) is 12.2 Å². The molecule has 3 heterocycles. The lowest BCUT2D eigenvalue weighted by Gasteiger charge is -2.17. The molecule has 1 N–H and O–H groups in total. The summed E-state index contributed by atoms with van der Waals surface area (Å²) in [5, 5.41) is 9.12. The number of nitrogens with zero attached hydrogens (tertiary/aromatic N) is 4. The van der Waals surface area contributed by atoms with Gasteiger partial charge in [-0.1, -0.05) is 30.3 Å². The van der Waals surface area contributed by atoms with E-state index >= 15 is 0 Å². The average Bonchev–Trinajstić information content (AvgIpc) is 3.31. The number of thiazole rings is 1. The highest BCUT2D eigenvalue weighted by molar-refractivity contribution is 7.15. The Kier molecular flexibility index (Phi) is 3.85. The first kappa shape index (κ1) is 15.6. The second-order valence-electron chi connectivity index (χ2n) is 5.90. The van der Waals surface area contributed by atoms with Crippen molar-refractivity contribution in [3.8, 4) is 11.3 Å². The van der Waals surface area contributed by atoms with Crippen molar-refractivity contribution >= 4 is 22.2 Å². The van der Waals surface area contributed by atoms with Crippen LogP contribution in [0.15, 0.2) is 48.1 Å². The van der Waals surface area contributed by atoms with E-state index in [0.717, 1.165) is 27.5 Å². The lowest BCUT2D eigenvalue weighted by atomic mass is 10.1. The Morgan fingerprint density at radius 3 is 2.92 bits per heavy atom. The van der Waals surface area contributed by atoms with Gasteiger partial charge in [0.05, 0.1) is 17.6 Å². The number of aromatic amines is 1. The number of carbonyl (C=O) groups excluding carboxylic acids is 1. The van der Waals surface area contributed by atoms with Crippen molar-refractivity contribution in [3.05, 3.63) is 65.1 Å². The number of H-pyrrole nitrogens is 1. The van der Waals surface area contributed by atoms with E-state index in [-0.39, 0.29) is 5.91 Å². The Labute approximate surface area is 148 Å². The molecule has 1 aromatic carbocycles. The number of imidazole rings is 1. The molecule has 0 saturated heterocycles. The van der Waals surface area contributed by atoms with Crippen LogP contribution in [0.4, 0.5) is 0 Å². The minimum atomic E-state index is -0.0522. The number of nitrogens with one attached hydrogen (secondary N) is 1. The summed E-state index contributed by atoms with van der Waals surface area (Å²) >= 11 is 1.52. The molecule has 0 bridgehead atoms. The number of carbonyl (C=O) groups is 1. The fourth-order valence-electron chi connectivity index (χ4n) is 2.95. The number of aromatic nitrogens is 4. The van der Waals surface area contributed by atoms with Gasteiger partial charge >= 0.3 is 0 Å². The van der Waals surface area contributed by atoms with Crippen LogP contribution in [0, 0.1) is 6.92 Å². The van der Waals surface area contributed by atoms with Gasteiger partial charge in [0, 0.05) is 30.7 Å². The molecule has 7 heteroatoms. The van der Waals surface area contributed by atoms with Gasteiger partial charge in [-0.05, 0) is 12.5 Å². The highest BCUT2D eigenvalue weighted by atomic mass is 32.1. The lowest BCUT2D eigenvalue weighted by Crippen LogP contribution is -2.28. The van der Waals surface area contributed by atoms with Crippen molar-refractivity contribution in [2.75, 3.05) is 7.05 Å². The van der Waals surface area contributed by atoms with Crippen molar-refractivity contribution in [1.82, 2.24) is 24.5 Å². The van der Waals surface area contributed by atoms with Crippen LogP contribution in [0.5, 0.6) is 0 Å². The molecule has 0 atom stereocenters. The molecule has 126 valence electrons. The third-order valence-electron chi connectivity index (χ3n) is 4.17. The molecule has 6 nitrogen and oxygen atoms in total. The molecule has 25 heavy (non-hydrogen) atoms. The number of rotatable bonds is 4. The maximum absolute atomic E-state index is 13.0. The minimum absolute atomic E-state index is 0.0522. The third kappa shape index (κ3) is 2.72. The summed E-state index contributed by atoms with van der Waals surface area (Å²) in [5.41, 5.74) is 4.33. The smallest absolute Gasteiger partial charge is 0.272 e. The first-order valence-electron chi connectivity index (χ1n) is 7.90. The molecular formula is C18H17N5OS. The molecule has 4 aromatic rings. The second-order valence-corrected chi connectivity index (χ2v) is 6.77. The van der Waals surface area contributed by atoms with Crippen LogP contribution < -0.4 is 0 Å². The summed E-state index contributed by atoms with van der Waals surface area (Å²) in [6.45, 7) is 2.34. The van der Waals surface area contributed by atoms with E-state index in [2.05, 4.69) is 15.2 Å². The van der Waals surface area contributed by atoms with Crippen LogP contribution in [-0.2, 0) is 6.54 Å². The zero-order chi connectivity index (χ0) is 17.4. The molecule has 0 radical (unpaired) electrons. The molecule has 0 aliphatic carbocycles. The standard InChI is InChI=1S/C18H17N5OS/c1-12-16(23-8-9-25-18(23)20-12)17(24)22(2)11-14-10-19-21-15(14)13-6-4-3-5-7-13/h3-10H,11H2,1-2H3,(H,19,21). The van der Waals surface area contributed by atoms with Crippen molar-refractivity contribution in [3.63, 3.8) is 0 Å². The van der Waals surface area contributed by atoms with Crippen LogP contribution in [0.25, 0.3) is 16.2 Å². The summed E-state index contributed by atoms with van der Waals surface area (Å²) in [6.07, 6.45) is 3.66. The number of benzene rings is 1. The van der Waals surface area contributed by atoms with Gasteiger partial charge in [-0.3, -0.25) is 14.3 Å². The summed E-state index contributed by atoms with van der Waals surface area (Å²) < 4.78 is 1.85. The summed E-state index contributed by atoms with van der Waals surface area (Å²) in [4.78, 5) is 19.9. The van der Waals surface area contributed by atoms with Gasteiger partial charge in [-0.25, -0.2) is 4.98 Å². The Hall–Kier alpha value is -2.93. The highest BCUT2D eigenvalue weighted by Gasteiger charge is 2.22. The summed E-state index contributed by atoms with van der Waals surface area (Å²) in [6, 6.07) is 9.99. The molecular weight excluding hydrogens is 334 g/mol. The Balaban J connectivity index is 1.62. The van der Waals surface area contributed by atoms with Crippen molar-refractivity contribution in [2.45, 2.75) is 13.5 Å². The zero-order valence-electron chi connectivity index (χ0n) is 13.9. The SMILES string of the molecule is Cc1nc2sccn2c1C(=O)N(C)Cc1cn[nH]c1-c1ccccc1. The van der Waals surface area contributed by atoms with Crippen molar-refractivity contribution < 1.29 is 4.79 Å². The van der Waals surface area contributed by atoms with Gasteiger partial charge < -0.3 is 4.90 Å². The Bertz CT molecular complexity index is 1030. The molecule has 0 aliphatic rings. The van der Waals surface area contributed by atoms with Crippen LogP contribution in [0.2, 0.25) is 0 Å². The first-order chi connectivity index (χ1) is 12.1. The van der Waals surface area contributed by atoms with Crippen LogP contribution in [-0.4, -0.2) is 37.4 Å².